The maximum Gasteiger partial charge on any atom is 0.230 e. The highest BCUT2D eigenvalue weighted by molar-refractivity contribution is 5.87. The number of nitrogens with zero attached hydrogens (tertiary/aromatic N) is 5. The molecule has 0 saturated carbocycles. The number of hydrogen-bond acceptors (Lipinski definition) is 3. The Labute approximate surface area is 153 Å². The maximum atomic E-state index is 4.74. The van der Waals surface area contributed by atoms with Crippen molar-refractivity contribution >= 4 is 34.2 Å². The zero-order valence-electron chi connectivity index (χ0n) is 15.7. The molecule has 4 rings (SSSR count). The summed E-state index contributed by atoms with van der Waals surface area (Å²) in [6.45, 7) is 10.2. The van der Waals surface area contributed by atoms with E-state index in [0.29, 0.717) is 0 Å². The smallest absolute Gasteiger partial charge is 0.230 e. The molecule has 5 heteroatoms. The summed E-state index contributed by atoms with van der Waals surface area (Å²) in [6.07, 6.45) is 1.83. The van der Waals surface area contributed by atoms with Gasteiger partial charge in [-0.15, -0.1) is 0 Å². The molecule has 2 heterocycles. The summed E-state index contributed by atoms with van der Waals surface area (Å²) in [6, 6.07) is 12.5. The van der Waals surface area contributed by atoms with Gasteiger partial charge in [0.2, 0.25) is 5.95 Å². The van der Waals surface area contributed by atoms with E-state index >= 15 is 0 Å². The van der Waals surface area contributed by atoms with Crippen molar-refractivity contribution in [2.45, 2.75) is 40.8 Å². The van der Waals surface area contributed by atoms with Crippen molar-refractivity contribution in [1.29, 1.82) is 0 Å². The summed E-state index contributed by atoms with van der Waals surface area (Å²) in [7, 11) is 0. The molecule has 2 aromatic carbocycles. The van der Waals surface area contributed by atoms with E-state index in [-0.39, 0.29) is 0 Å². The molecule has 2 aromatic heterocycles. The van der Waals surface area contributed by atoms with Gasteiger partial charge < -0.3 is 9.13 Å². The molecule has 0 N–H and O–H groups in total. The summed E-state index contributed by atoms with van der Waals surface area (Å²) in [5.41, 5.74) is 6.77. The van der Waals surface area contributed by atoms with Crippen LogP contribution >= 0.6 is 0 Å². The van der Waals surface area contributed by atoms with E-state index in [1.54, 1.807) is 0 Å². The Hall–Kier alpha value is -2.95. The molecular formula is C21H23N5. The predicted octanol–water partition coefficient (Wildman–Crippen LogP) is 4.79. The molecule has 0 unspecified atom stereocenters. The van der Waals surface area contributed by atoms with E-state index < -0.39 is 0 Å². The number of aromatic nitrogens is 4. The van der Waals surface area contributed by atoms with Crippen LogP contribution in [0.25, 0.3) is 22.1 Å². The van der Waals surface area contributed by atoms with E-state index in [4.69, 9.17) is 15.0 Å². The Balaban J connectivity index is 1.82. The monoisotopic (exact) mass is 345 g/mol. The van der Waals surface area contributed by atoms with Crippen molar-refractivity contribution < 1.29 is 0 Å². The highest BCUT2D eigenvalue weighted by atomic mass is 15.2. The minimum atomic E-state index is 0.724. The molecule has 132 valence electrons. The van der Waals surface area contributed by atoms with Gasteiger partial charge in [-0.05, 0) is 63.1 Å². The lowest BCUT2D eigenvalue weighted by Crippen LogP contribution is -2.01. The van der Waals surface area contributed by atoms with Crippen LogP contribution in [-0.2, 0) is 13.1 Å². The molecule has 0 saturated heterocycles. The maximum absolute atomic E-state index is 4.74. The fourth-order valence-corrected chi connectivity index (χ4v) is 3.42. The summed E-state index contributed by atoms with van der Waals surface area (Å²) in [4.78, 5) is 14.1. The van der Waals surface area contributed by atoms with E-state index in [1.165, 1.54) is 11.1 Å². The SMILES string of the molecule is CCn1c(/C=N/c2nc3cc(C)c(C)cc3n2CC)nc2ccccc21. The number of hydrogen-bond donors (Lipinski definition) is 0. The molecule has 0 atom stereocenters. The summed E-state index contributed by atoms with van der Waals surface area (Å²) in [5, 5.41) is 0. The number of rotatable bonds is 4. The van der Waals surface area contributed by atoms with Gasteiger partial charge in [0.15, 0.2) is 5.82 Å². The third kappa shape index (κ3) is 2.60. The van der Waals surface area contributed by atoms with E-state index in [9.17, 15) is 0 Å². The number of para-hydroxylation sites is 2. The largest absolute Gasteiger partial charge is 0.323 e. The summed E-state index contributed by atoms with van der Waals surface area (Å²) in [5.74, 6) is 1.58. The van der Waals surface area contributed by atoms with Gasteiger partial charge in [0.05, 0.1) is 28.3 Å². The lowest BCUT2D eigenvalue weighted by atomic mass is 10.1. The quantitative estimate of drug-likeness (QED) is 0.499. The van der Waals surface area contributed by atoms with Crippen molar-refractivity contribution in [2.24, 2.45) is 4.99 Å². The minimum absolute atomic E-state index is 0.724. The van der Waals surface area contributed by atoms with E-state index in [0.717, 1.165) is 46.9 Å². The van der Waals surface area contributed by atoms with Gasteiger partial charge in [-0.2, -0.15) is 0 Å². The van der Waals surface area contributed by atoms with Gasteiger partial charge in [-0.1, -0.05) is 12.1 Å². The Kier molecular flexibility index (Phi) is 4.07. The van der Waals surface area contributed by atoms with Crippen LogP contribution in [0.4, 0.5) is 5.95 Å². The molecule has 0 spiro atoms. The number of aliphatic imine (C=N–C) groups is 1. The predicted molar refractivity (Wildman–Crippen MR) is 108 cm³/mol. The lowest BCUT2D eigenvalue weighted by molar-refractivity contribution is 0.776. The van der Waals surface area contributed by atoms with Gasteiger partial charge >= 0.3 is 0 Å². The van der Waals surface area contributed by atoms with Crippen LogP contribution in [0.3, 0.4) is 0 Å². The van der Waals surface area contributed by atoms with Crippen molar-refractivity contribution in [3.05, 3.63) is 53.3 Å². The zero-order chi connectivity index (χ0) is 18.3. The first-order chi connectivity index (χ1) is 12.6. The second-order valence-electron chi connectivity index (χ2n) is 6.54. The molecule has 0 aliphatic carbocycles. The van der Waals surface area contributed by atoms with Gasteiger partial charge in [0.25, 0.3) is 0 Å². The molecule has 0 radical (unpaired) electrons. The van der Waals surface area contributed by atoms with Crippen LogP contribution in [0.1, 0.15) is 30.8 Å². The van der Waals surface area contributed by atoms with Crippen molar-refractivity contribution in [1.82, 2.24) is 19.1 Å². The molecule has 26 heavy (non-hydrogen) atoms. The van der Waals surface area contributed by atoms with Crippen molar-refractivity contribution in [2.75, 3.05) is 0 Å². The molecule has 5 nitrogen and oxygen atoms in total. The number of aryl methyl sites for hydroxylation is 4. The van der Waals surface area contributed by atoms with Crippen molar-refractivity contribution in [3.8, 4) is 0 Å². The van der Waals surface area contributed by atoms with E-state index in [2.05, 4.69) is 55.0 Å². The Morgan fingerprint density at radius 1 is 0.885 bits per heavy atom. The van der Waals surface area contributed by atoms with Crippen LogP contribution in [0, 0.1) is 13.8 Å². The van der Waals surface area contributed by atoms with Gasteiger partial charge in [0.1, 0.15) is 0 Å². The molecule has 0 amide bonds. The Bertz CT molecular complexity index is 1130. The topological polar surface area (TPSA) is 48.0 Å². The van der Waals surface area contributed by atoms with E-state index in [1.807, 2.05) is 24.4 Å². The van der Waals surface area contributed by atoms with Crippen LogP contribution in [-0.4, -0.2) is 25.3 Å². The fraction of sp³-hybridized carbons (Fsp3) is 0.286. The number of fused-ring (bicyclic) bond motifs is 2. The number of benzene rings is 2. The van der Waals surface area contributed by atoms with Crippen molar-refractivity contribution in [3.63, 3.8) is 0 Å². The highest BCUT2D eigenvalue weighted by Crippen LogP contribution is 2.25. The molecular weight excluding hydrogens is 322 g/mol. The average molecular weight is 345 g/mol. The second kappa shape index (κ2) is 6.41. The molecule has 0 bridgehead atoms. The third-order valence-corrected chi connectivity index (χ3v) is 4.96. The fourth-order valence-electron chi connectivity index (χ4n) is 3.42. The Morgan fingerprint density at radius 3 is 2.38 bits per heavy atom. The first-order valence-corrected chi connectivity index (χ1v) is 9.09. The first kappa shape index (κ1) is 16.5. The first-order valence-electron chi connectivity index (χ1n) is 9.09. The second-order valence-corrected chi connectivity index (χ2v) is 6.54. The molecule has 0 fully saturated rings. The van der Waals surface area contributed by atoms with Crippen LogP contribution in [0.15, 0.2) is 41.4 Å². The zero-order valence-corrected chi connectivity index (χ0v) is 15.7. The summed E-state index contributed by atoms with van der Waals surface area (Å²) < 4.78 is 4.32. The molecule has 0 aliphatic rings. The number of imidazole rings is 2. The van der Waals surface area contributed by atoms with Gasteiger partial charge in [0, 0.05) is 13.1 Å². The molecule has 4 aromatic rings. The standard InChI is InChI=1S/C21H23N5/c1-5-25-18-10-8-7-9-16(18)23-20(25)13-22-21-24-17-11-14(3)15(4)12-19(17)26(21)6-2/h7-13H,5-6H2,1-4H3/b22-13+. The van der Waals surface area contributed by atoms with Gasteiger partial charge in [-0.25, -0.2) is 15.0 Å². The normalized spacial score (nSPS) is 12.0. The average Bonchev–Trinajstić information content (AvgIpc) is 3.17. The van der Waals surface area contributed by atoms with Gasteiger partial charge in [-0.3, -0.25) is 0 Å². The highest BCUT2D eigenvalue weighted by Gasteiger charge is 2.11. The van der Waals surface area contributed by atoms with Crippen LogP contribution < -0.4 is 0 Å². The summed E-state index contributed by atoms with van der Waals surface area (Å²) >= 11 is 0. The van der Waals surface area contributed by atoms with Crippen LogP contribution in [0.5, 0.6) is 0 Å². The lowest BCUT2D eigenvalue weighted by Gasteiger charge is -2.04. The van der Waals surface area contributed by atoms with Crippen LogP contribution in [0.2, 0.25) is 0 Å². The molecule has 0 aliphatic heterocycles. The Morgan fingerprint density at radius 2 is 1.62 bits per heavy atom. The third-order valence-electron chi connectivity index (χ3n) is 4.96. The minimum Gasteiger partial charge on any atom is -0.323 e.